The van der Waals surface area contributed by atoms with E-state index in [2.05, 4.69) is 30.8 Å². The van der Waals surface area contributed by atoms with Gasteiger partial charge in [-0.2, -0.15) is 4.39 Å². The van der Waals surface area contributed by atoms with Gasteiger partial charge in [-0.15, -0.1) is 5.10 Å². The van der Waals surface area contributed by atoms with Crippen molar-refractivity contribution in [2.75, 3.05) is 10.6 Å². The Kier molecular flexibility index (Phi) is 4.68. The van der Waals surface area contributed by atoms with Crippen molar-refractivity contribution < 1.29 is 13.6 Å². The fourth-order valence-corrected chi connectivity index (χ4v) is 3.20. The number of fused-ring (bicyclic) bond motifs is 1. The number of aromatic nitrogens is 3. The number of pyridine rings is 1. The summed E-state index contributed by atoms with van der Waals surface area (Å²) >= 11 is 0. The molecule has 1 atom stereocenters. The Labute approximate surface area is 175 Å². The highest BCUT2D eigenvalue weighted by Crippen LogP contribution is 2.25. The van der Waals surface area contributed by atoms with Crippen LogP contribution in [0.2, 0.25) is 0 Å². The Balaban J connectivity index is 1.49. The van der Waals surface area contributed by atoms with E-state index in [0.29, 0.717) is 17.0 Å². The quantitative estimate of drug-likeness (QED) is 0.495. The number of carbonyl (C=O) groups excluding carboxylic acids is 1. The van der Waals surface area contributed by atoms with Crippen molar-refractivity contribution in [3.8, 4) is 11.5 Å². The molecule has 0 fully saturated rings. The van der Waals surface area contributed by atoms with Gasteiger partial charge in [0.05, 0.1) is 17.0 Å². The summed E-state index contributed by atoms with van der Waals surface area (Å²) in [5.74, 6) is -0.847. The highest BCUT2D eigenvalue weighted by molar-refractivity contribution is 6.19. The molecule has 2 N–H and O–H groups in total. The minimum atomic E-state index is -1.01. The van der Waals surface area contributed by atoms with E-state index >= 15 is 0 Å². The van der Waals surface area contributed by atoms with Crippen LogP contribution in [-0.2, 0) is 4.79 Å². The summed E-state index contributed by atoms with van der Waals surface area (Å²) in [5.41, 5.74) is 3.42. The van der Waals surface area contributed by atoms with Crippen molar-refractivity contribution in [3.05, 3.63) is 90.0 Å². The monoisotopic (exact) mass is 414 g/mol. The second-order valence-corrected chi connectivity index (χ2v) is 6.71. The number of nitrogens with one attached hydrogen (secondary N) is 2. The average Bonchev–Trinajstić information content (AvgIpc) is 3.21. The van der Waals surface area contributed by atoms with E-state index in [4.69, 9.17) is 4.42 Å². The van der Waals surface area contributed by atoms with E-state index in [1.807, 2.05) is 54.6 Å². The third kappa shape index (κ3) is 3.76. The maximum absolute atomic E-state index is 13.0. The molecule has 152 valence electrons. The molecule has 0 saturated heterocycles. The molecule has 31 heavy (non-hydrogen) atoms. The molecular weight excluding hydrogens is 399 g/mol. The molecule has 2 aromatic carbocycles. The Morgan fingerprint density at radius 3 is 2.55 bits per heavy atom. The number of rotatable bonds is 4. The molecule has 8 nitrogen and oxygen atoms in total. The summed E-state index contributed by atoms with van der Waals surface area (Å²) in [6.45, 7) is 0. The van der Waals surface area contributed by atoms with E-state index < -0.39 is 12.1 Å². The topological polar surface area (TPSA) is 105 Å². The van der Waals surface area contributed by atoms with Gasteiger partial charge in [-0.05, 0) is 18.2 Å². The number of amides is 1. The lowest BCUT2D eigenvalue weighted by atomic mass is 10.0. The molecule has 0 bridgehead atoms. The number of anilines is 2. The summed E-state index contributed by atoms with van der Waals surface area (Å²) < 4.78 is 18.6. The summed E-state index contributed by atoms with van der Waals surface area (Å²) in [5, 5.41) is 13.6. The van der Waals surface area contributed by atoms with E-state index in [-0.39, 0.29) is 17.8 Å². The van der Waals surface area contributed by atoms with E-state index in [1.165, 1.54) is 18.3 Å². The number of hydrogen-bond acceptors (Lipinski definition) is 7. The molecule has 2 aromatic heterocycles. The molecular formula is C22H15FN6O2. The lowest BCUT2D eigenvalue weighted by Gasteiger charge is -2.11. The van der Waals surface area contributed by atoms with Crippen LogP contribution < -0.4 is 10.6 Å². The van der Waals surface area contributed by atoms with E-state index in [1.54, 1.807) is 0 Å². The first-order valence-electron chi connectivity index (χ1n) is 9.43. The minimum absolute atomic E-state index is 0.00147. The van der Waals surface area contributed by atoms with Gasteiger partial charge in [-0.1, -0.05) is 53.6 Å². The number of carbonyl (C=O) groups is 1. The van der Waals surface area contributed by atoms with Crippen molar-refractivity contribution in [1.82, 2.24) is 15.2 Å². The van der Waals surface area contributed by atoms with Crippen molar-refractivity contribution in [2.24, 2.45) is 4.99 Å². The van der Waals surface area contributed by atoms with Crippen LogP contribution in [0.25, 0.3) is 11.5 Å². The number of nitrogens with zero attached hydrogens (tertiary/aromatic N) is 4. The number of halogens is 1. The van der Waals surface area contributed by atoms with Crippen molar-refractivity contribution in [1.29, 1.82) is 0 Å². The Morgan fingerprint density at radius 1 is 0.935 bits per heavy atom. The summed E-state index contributed by atoms with van der Waals surface area (Å²) in [4.78, 5) is 21.1. The highest BCUT2D eigenvalue weighted by Gasteiger charge is 2.27. The fraction of sp³-hybridized carbons (Fsp3) is 0.0455. The summed E-state index contributed by atoms with van der Waals surface area (Å²) in [6.07, 6.45) is 0.273. The van der Waals surface area contributed by atoms with E-state index in [9.17, 15) is 9.18 Å². The maximum Gasteiger partial charge on any atom is 0.317 e. The zero-order valence-corrected chi connectivity index (χ0v) is 16.0. The van der Waals surface area contributed by atoms with Gasteiger partial charge in [0.1, 0.15) is 0 Å². The Bertz CT molecular complexity index is 1270. The number of benzene rings is 2. The summed E-state index contributed by atoms with van der Waals surface area (Å²) in [6, 6.07) is 19.7. The van der Waals surface area contributed by atoms with Crippen molar-refractivity contribution >= 4 is 23.3 Å². The largest absolute Gasteiger partial charge is 0.403 e. The van der Waals surface area contributed by atoms with Gasteiger partial charge < -0.3 is 15.1 Å². The summed E-state index contributed by atoms with van der Waals surface area (Å²) in [7, 11) is 0. The molecule has 0 spiro atoms. The van der Waals surface area contributed by atoms with Crippen LogP contribution in [0.5, 0.6) is 0 Å². The average molecular weight is 414 g/mol. The SMILES string of the molecule is O=C1Nc2ccccc2C(c2ccccc2)=N[C@@H]1Nc1nnc(-c2ccc(F)nc2)o1. The van der Waals surface area contributed by atoms with Gasteiger partial charge in [0.25, 0.3) is 11.8 Å². The van der Waals surface area contributed by atoms with Crippen LogP contribution in [0, 0.1) is 5.95 Å². The molecule has 0 unspecified atom stereocenters. The Morgan fingerprint density at radius 2 is 1.74 bits per heavy atom. The molecule has 4 aromatic rings. The highest BCUT2D eigenvalue weighted by atomic mass is 19.1. The first-order valence-corrected chi connectivity index (χ1v) is 9.43. The van der Waals surface area contributed by atoms with Crippen LogP contribution in [0.3, 0.4) is 0 Å². The molecule has 5 rings (SSSR count). The van der Waals surface area contributed by atoms with Gasteiger partial charge in [-0.25, -0.2) is 9.98 Å². The zero-order chi connectivity index (χ0) is 21.2. The minimum Gasteiger partial charge on any atom is -0.403 e. The second-order valence-electron chi connectivity index (χ2n) is 6.71. The van der Waals surface area contributed by atoms with Crippen LogP contribution in [-0.4, -0.2) is 33.0 Å². The van der Waals surface area contributed by atoms with Gasteiger partial charge in [0.15, 0.2) is 0 Å². The zero-order valence-electron chi connectivity index (χ0n) is 16.0. The predicted molar refractivity (Wildman–Crippen MR) is 112 cm³/mol. The molecule has 1 amide bonds. The van der Waals surface area contributed by atoms with Gasteiger partial charge in [0.2, 0.25) is 12.1 Å². The van der Waals surface area contributed by atoms with Crippen LogP contribution in [0.4, 0.5) is 16.1 Å². The molecule has 1 aliphatic rings. The van der Waals surface area contributed by atoms with Crippen LogP contribution in [0.15, 0.2) is 82.3 Å². The number of aliphatic imine (C=N–C) groups is 1. The molecule has 0 aliphatic carbocycles. The molecule has 1 aliphatic heterocycles. The van der Waals surface area contributed by atoms with Crippen molar-refractivity contribution in [2.45, 2.75) is 6.17 Å². The van der Waals surface area contributed by atoms with Crippen LogP contribution in [0.1, 0.15) is 11.1 Å². The lowest BCUT2D eigenvalue weighted by Crippen LogP contribution is -2.32. The van der Waals surface area contributed by atoms with Gasteiger partial charge in [-0.3, -0.25) is 4.79 Å². The molecule has 9 heteroatoms. The Hall–Kier alpha value is -4.40. The second kappa shape index (κ2) is 7.79. The molecule has 0 saturated carbocycles. The van der Waals surface area contributed by atoms with Crippen LogP contribution >= 0.6 is 0 Å². The number of para-hydroxylation sites is 1. The van der Waals surface area contributed by atoms with Gasteiger partial charge in [0, 0.05) is 17.3 Å². The standard InChI is InChI=1S/C22H15FN6O2/c23-17-11-10-14(12-24-17)21-28-29-22(31-21)27-19-20(30)25-16-9-5-4-8-15(16)18(26-19)13-6-2-1-3-7-13/h1-12,19H,(H,25,30)(H,27,29)/t19-/m1/s1. The number of benzodiazepines with no additional fused rings is 1. The normalized spacial score (nSPS) is 15.5. The lowest BCUT2D eigenvalue weighted by molar-refractivity contribution is -0.116. The third-order valence-corrected chi connectivity index (χ3v) is 4.65. The van der Waals surface area contributed by atoms with E-state index in [0.717, 1.165) is 11.1 Å². The third-order valence-electron chi connectivity index (χ3n) is 4.65. The van der Waals surface area contributed by atoms with Crippen molar-refractivity contribution in [3.63, 3.8) is 0 Å². The molecule has 0 radical (unpaired) electrons. The maximum atomic E-state index is 13.0. The fourth-order valence-electron chi connectivity index (χ4n) is 3.20. The first kappa shape index (κ1) is 18.6. The predicted octanol–water partition coefficient (Wildman–Crippen LogP) is 3.50. The van der Waals surface area contributed by atoms with Gasteiger partial charge >= 0.3 is 6.01 Å². The smallest absolute Gasteiger partial charge is 0.317 e. The number of hydrogen-bond donors (Lipinski definition) is 2. The first-order chi connectivity index (χ1) is 15.2. The molecule has 3 heterocycles.